The van der Waals surface area contributed by atoms with Crippen molar-refractivity contribution in [3.63, 3.8) is 0 Å². The quantitative estimate of drug-likeness (QED) is 0.253. The molecule has 22 heavy (non-hydrogen) atoms. The molecule has 0 aromatic rings. The highest BCUT2D eigenvalue weighted by Gasteiger charge is 2.86. The molecule has 0 aliphatic carbocycles. The van der Waals surface area contributed by atoms with Crippen LogP contribution in [0, 0.1) is 0 Å². The van der Waals surface area contributed by atoms with Crippen molar-refractivity contribution in [1.29, 1.82) is 0 Å². The lowest BCUT2D eigenvalue weighted by Crippen LogP contribution is -2.67. The first-order valence-corrected chi connectivity index (χ1v) is 6.92. The molecule has 0 aliphatic heterocycles. The lowest BCUT2D eigenvalue weighted by molar-refractivity contribution is -0.412. The lowest BCUT2D eigenvalue weighted by Gasteiger charge is -2.40. The highest BCUT2D eigenvalue weighted by molar-refractivity contribution is 14.1. The number of halogens is 12. The summed E-state index contributed by atoms with van der Waals surface area (Å²) in [5.41, 5.74) is -6.01. The normalized spacial score (nSPS) is 19.0. The Bertz CT molecular complexity index is 372. The molecule has 0 bridgehead atoms. The summed E-state index contributed by atoms with van der Waals surface area (Å²) in [5, 5.41) is 0. The maximum atomic E-state index is 13.8. The van der Waals surface area contributed by atoms with E-state index in [-0.39, 0.29) is 12.8 Å². The largest absolute Gasteiger partial charge is 0.460 e. The second-order valence-corrected chi connectivity index (χ2v) is 6.30. The summed E-state index contributed by atoms with van der Waals surface area (Å²) in [4.78, 5) is 0. The minimum Gasteiger partial charge on any atom is -0.227 e. The van der Waals surface area contributed by atoms with E-state index < -0.39 is 40.2 Å². The summed E-state index contributed by atoms with van der Waals surface area (Å²) in [6.07, 6.45) is -16.0. The summed E-state index contributed by atoms with van der Waals surface area (Å²) in [6, 6.07) is 0. The summed E-state index contributed by atoms with van der Waals surface area (Å²) < 4.78 is 138. The molecule has 134 valence electrons. The van der Waals surface area contributed by atoms with Gasteiger partial charge in [-0.1, -0.05) is 35.9 Å². The van der Waals surface area contributed by atoms with Crippen LogP contribution in [0.4, 0.5) is 48.3 Å². The first kappa shape index (κ1) is 22.0. The van der Waals surface area contributed by atoms with Gasteiger partial charge in [-0.15, -0.1) is 0 Å². The molecule has 0 aromatic heterocycles. The minimum atomic E-state index is -7.17. The molecule has 0 aromatic carbocycles. The molecule has 0 amide bonds. The first-order valence-electron chi connectivity index (χ1n) is 5.67. The van der Waals surface area contributed by atoms with Gasteiger partial charge in [0, 0.05) is 10.3 Å². The monoisotopic (exact) mass is 466 g/mol. The molecule has 0 radical (unpaired) electrons. The van der Waals surface area contributed by atoms with Crippen LogP contribution in [0.5, 0.6) is 0 Å². The van der Waals surface area contributed by atoms with Gasteiger partial charge in [-0.05, 0) is 6.42 Å². The second kappa shape index (κ2) is 6.46. The second-order valence-electron chi connectivity index (χ2n) is 4.54. The van der Waals surface area contributed by atoms with Gasteiger partial charge in [-0.2, -0.15) is 43.9 Å². The van der Waals surface area contributed by atoms with E-state index in [4.69, 9.17) is 0 Å². The fourth-order valence-corrected chi connectivity index (χ4v) is 2.80. The third-order valence-electron chi connectivity index (χ3n) is 2.80. The van der Waals surface area contributed by atoms with Gasteiger partial charge in [0.1, 0.15) is 0 Å². The van der Waals surface area contributed by atoms with Gasteiger partial charge < -0.3 is 0 Å². The van der Waals surface area contributed by atoms with Crippen LogP contribution in [-0.2, 0) is 0 Å². The van der Waals surface area contributed by atoms with E-state index in [2.05, 4.69) is 0 Å². The maximum absolute atomic E-state index is 13.8. The Morgan fingerprint density at radius 2 is 1.14 bits per heavy atom. The van der Waals surface area contributed by atoms with E-state index >= 15 is 0 Å². The van der Waals surface area contributed by atoms with Crippen molar-refractivity contribution < 1.29 is 48.3 Å². The average molecular weight is 466 g/mol. The van der Waals surface area contributed by atoms with Gasteiger partial charge in [0.2, 0.25) is 0 Å². The van der Waals surface area contributed by atoms with Crippen LogP contribution < -0.4 is 0 Å². The van der Waals surface area contributed by atoms with Crippen LogP contribution in [0.2, 0.25) is 0 Å². The van der Waals surface area contributed by atoms with E-state index in [0.29, 0.717) is 0 Å². The van der Waals surface area contributed by atoms with Crippen molar-refractivity contribution in [3.05, 3.63) is 0 Å². The molecule has 0 saturated carbocycles. The maximum Gasteiger partial charge on any atom is 0.460 e. The molecule has 2 atom stereocenters. The van der Waals surface area contributed by atoms with Gasteiger partial charge in [-0.25, -0.2) is 4.39 Å². The fourth-order valence-electron chi connectivity index (χ4n) is 1.57. The zero-order chi connectivity index (χ0) is 18.2. The van der Waals surface area contributed by atoms with E-state index in [1.54, 1.807) is 0 Å². The van der Waals surface area contributed by atoms with Crippen LogP contribution in [0.1, 0.15) is 26.2 Å². The van der Waals surface area contributed by atoms with Gasteiger partial charge in [0.15, 0.2) is 0 Å². The molecule has 2 unspecified atom stereocenters. The van der Waals surface area contributed by atoms with E-state index in [1.807, 2.05) is 0 Å². The highest BCUT2D eigenvalue weighted by atomic mass is 127. The lowest BCUT2D eigenvalue weighted by atomic mass is 9.86. The number of hydrogen-bond acceptors (Lipinski definition) is 0. The van der Waals surface area contributed by atoms with Crippen molar-refractivity contribution in [3.8, 4) is 0 Å². The van der Waals surface area contributed by atoms with Gasteiger partial charge in [0.25, 0.3) is 5.67 Å². The van der Waals surface area contributed by atoms with Gasteiger partial charge in [-0.3, -0.25) is 0 Å². The molecule has 0 nitrogen and oxygen atoms in total. The SMILES string of the molecule is CCCC(I)CC(F)(C(F)(F)F)C(F)(F)C(F)(F)C(F)(F)F. The Morgan fingerprint density at radius 1 is 0.727 bits per heavy atom. The van der Waals surface area contributed by atoms with E-state index in [0.717, 1.165) is 22.6 Å². The van der Waals surface area contributed by atoms with Crippen molar-refractivity contribution in [2.24, 2.45) is 0 Å². The molecule has 0 rings (SSSR count). The molecular weight excluding hydrogens is 456 g/mol. The third kappa shape index (κ3) is 3.71. The predicted octanol–water partition coefficient (Wildman–Crippen LogP) is 6.08. The average Bonchev–Trinajstić information content (AvgIpc) is 2.25. The van der Waals surface area contributed by atoms with Gasteiger partial charge >= 0.3 is 24.2 Å². The Balaban J connectivity index is 6.00. The van der Waals surface area contributed by atoms with E-state index in [9.17, 15) is 48.3 Å². The predicted molar refractivity (Wildman–Crippen MR) is 63.2 cm³/mol. The Morgan fingerprint density at radius 3 is 1.41 bits per heavy atom. The van der Waals surface area contributed by atoms with Crippen LogP contribution in [0.15, 0.2) is 0 Å². The van der Waals surface area contributed by atoms with Crippen LogP contribution >= 0.6 is 22.6 Å². The molecule has 0 fully saturated rings. The zero-order valence-corrected chi connectivity index (χ0v) is 12.9. The summed E-state index contributed by atoms with van der Waals surface area (Å²) in [6.45, 7) is 1.39. The molecule has 0 heterocycles. The molecular formula is C10H10F11I. The number of hydrogen-bond donors (Lipinski definition) is 0. The Hall–Kier alpha value is -0.0400. The fraction of sp³-hybridized carbons (Fsp3) is 1.00. The highest BCUT2D eigenvalue weighted by Crippen LogP contribution is 2.59. The summed E-state index contributed by atoms with van der Waals surface area (Å²) in [5.74, 6) is -14.2. The first-order chi connectivity index (χ1) is 9.45. The molecule has 0 N–H and O–H groups in total. The van der Waals surface area contributed by atoms with E-state index in [1.165, 1.54) is 6.92 Å². The van der Waals surface area contributed by atoms with Crippen molar-refractivity contribution in [2.45, 2.75) is 60.0 Å². The smallest absolute Gasteiger partial charge is 0.227 e. The topological polar surface area (TPSA) is 0 Å². The molecule has 12 heteroatoms. The number of rotatable bonds is 6. The zero-order valence-electron chi connectivity index (χ0n) is 10.7. The van der Waals surface area contributed by atoms with Crippen molar-refractivity contribution in [2.75, 3.05) is 0 Å². The summed E-state index contributed by atoms with van der Waals surface area (Å²) >= 11 is 1.10. The Kier molecular flexibility index (Phi) is 6.45. The third-order valence-corrected chi connectivity index (χ3v) is 3.87. The molecule has 0 saturated heterocycles. The van der Waals surface area contributed by atoms with Crippen molar-refractivity contribution in [1.82, 2.24) is 0 Å². The van der Waals surface area contributed by atoms with Crippen LogP contribution in [-0.4, -0.2) is 33.8 Å². The van der Waals surface area contributed by atoms with Gasteiger partial charge in [0.05, 0.1) is 0 Å². The molecule has 0 spiro atoms. The summed E-state index contributed by atoms with van der Waals surface area (Å²) in [7, 11) is 0. The van der Waals surface area contributed by atoms with Crippen LogP contribution in [0.25, 0.3) is 0 Å². The Labute approximate surface area is 131 Å². The number of alkyl halides is 12. The minimum absolute atomic E-state index is 0.1000. The standard InChI is InChI=1S/C10H10F11I/c1-2-3-5(22)4-6(11,9(16,17)18)7(12,13)8(14,15)10(19,20)21/h5H,2-4H2,1H3. The molecule has 0 aliphatic rings. The van der Waals surface area contributed by atoms with Crippen molar-refractivity contribution >= 4 is 22.6 Å². The van der Waals surface area contributed by atoms with Crippen LogP contribution in [0.3, 0.4) is 0 Å².